The van der Waals surface area contributed by atoms with Crippen molar-refractivity contribution < 1.29 is 4.79 Å². The van der Waals surface area contributed by atoms with Gasteiger partial charge in [0.2, 0.25) is 5.95 Å². The molecule has 0 bridgehead atoms. The Balaban J connectivity index is 1.41. The van der Waals surface area contributed by atoms with Crippen LogP contribution in [0, 0.1) is 5.92 Å². The summed E-state index contributed by atoms with van der Waals surface area (Å²) in [5, 5.41) is 3.03. The fraction of sp³-hybridized carbons (Fsp3) is 0.391. The first-order valence-electron chi connectivity index (χ1n) is 10.4. The average Bonchev–Trinajstić information content (AvgIpc) is 3.11. The molecule has 1 N–H and O–H groups in total. The summed E-state index contributed by atoms with van der Waals surface area (Å²) in [5.41, 5.74) is 3.33. The molecule has 2 amide bonds. The number of carbonyl (C=O) groups excluding carboxylic acids is 1. The minimum Gasteiger partial charge on any atom is -0.339 e. The summed E-state index contributed by atoms with van der Waals surface area (Å²) < 4.78 is 2.32. The zero-order valence-electron chi connectivity index (χ0n) is 17.2. The van der Waals surface area contributed by atoms with E-state index < -0.39 is 0 Å². The number of rotatable bonds is 5. The molecule has 0 unspecified atom stereocenters. The topological polar surface area (TPSA) is 53.4 Å². The molecule has 0 radical (unpaired) electrons. The van der Waals surface area contributed by atoms with Gasteiger partial charge in [0.15, 0.2) is 0 Å². The van der Waals surface area contributed by atoms with E-state index in [4.69, 9.17) is 4.98 Å². The van der Waals surface area contributed by atoms with Crippen molar-refractivity contribution in [2.45, 2.75) is 26.9 Å². The maximum atomic E-state index is 12.5. The van der Waals surface area contributed by atoms with Gasteiger partial charge in [0.25, 0.3) is 0 Å². The first-order chi connectivity index (χ1) is 14.1. The highest BCUT2D eigenvalue weighted by molar-refractivity contribution is 5.79. The SMILES string of the molecule is CC(C)Cn1c(N2CCN(C(=O)NCc3ccccc3)CC2)nc2ccccc21. The molecule has 0 atom stereocenters. The fourth-order valence-electron chi connectivity index (χ4n) is 3.84. The van der Waals surface area contributed by atoms with Gasteiger partial charge < -0.3 is 19.7 Å². The third-order valence-corrected chi connectivity index (χ3v) is 5.32. The fourth-order valence-corrected chi connectivity index (χ4v) is 3.84. The number of nitrogens with one attached hydrogen (secondary N) is 1. The summed E-state index contributed by atoms with van der Waals surface area (Å²) in [7, 11) is 0. The van der Waals surface area contributed by atoms with Crippen molar-refractivity contribution in [2.75, 3.05) is 31.1 Å². The van der Waals surface area contributed by atoms with Crippen molar-refractivity contribution in [3.05, 3.63) is 60.2 Å². The van der Waals surface area contributed by atoms with Crippen molar-refractivity contribution in [3.8, 4) is 0 Å². The number of carbonyl (C=O) groups is 1. The number of nitrogens with zero attached hydrogens (tertiary/aromatic N) is 4. The molecule has 2 aromatic carbocycles. The van der Waals surface area contributed by atoms with Crippen LogP contribution in [0.2, 0.25) is 0 Å². The van der Waals surface area contributed by atoms with Crippen LogP contribution in [0.1, 0.15) is 19.4 Å². The van der Waals surface area contributed by atoms with Gasteiger partial charge in [-0.15, -0.1) is 0 Å². The number of benzene rings is 2. The second kappa shape index (κ2) is 8.55. The minimum atomic E-state index is 0.00388. The second-order valence-electron chi connectivity index (χ2n) is 8.02. The largest absolute Gasteiger partial charge is 0.339 e. The third-order valence-electron chi connectivity index (χ3n) is 5.32. The molecule has 0 saturated carbocycles. The number of para-hydroxylation sites is 2. The van der Waals surface area contributed by atoms with E-state index >= 15 is 0 Å². The molecule has 1 aliphatic rings. The molecule has 3 aromatic rings. The molecule has 4 rings (SSSR count). The molecule has 1 fully saturated rings. The zero-order valence-corrected chi connectivity index (χ0v) is 17.2. The normalized spacial score (nSPS) is 14.6. The van der Waals surface area contributed by atoms with Gasteiger partial charge >= 0.3 is 6.03 Å². The van der Waals surface area contributed by atoms with E-state index in [9.17, 15) is 4.79 Å². The summed E-state index contributed by atoms with van der Waals surface area (Å²) in [6.45, 7) is 8.94. The van der Waals surface area contributed by atoms with E-state index in [-0.39, 0.29) is 6.03 Å². The Morgan fingerprint density at radius 2 is 1.69 bits per heavy atom. The molecule has 29 heavy (non-hydrogen) atoms. The number of urea groups is 1. The van der Waals surface area contributed by atoms with Gasteiger partial charge in [0.1, 0.15) is 0 Å². The number of imidazole rings is 1. The smallest absolute Gasteiger partial charge is 0.317 e. The van der Waals surface area contributed by atoms with E-state index in [0.717, 1.165) is 36.7 Å². The van der Waals surface area contributed by atoms with Crippen LogP contribution in [0.25, 0.3) is 11.0 Å². The molecule has 1 aromatic heterocycles. The third kappa shape index (κ3) is 4.36. The monoisotopic (exact) mass is 391 g/mol. The molecule has 1 saturated heterocycles. The number of piperazine rings is 1. The Morgan fingerprint density at radius 3 is 2.41 bits per heavy atom. The standard InChI is InChI=1S/C23H29N5O/c1-18(2)17-28-21-11-7-6-10-20(21)25-22(28)26-12-14-27(15-13-26)23(29)24-16-19-8-4-3-5-9-19/h3-11,18H,12-17H2,1-2H3,(H,24,29). The molecule has 6 heteroatoms. The van der Waals surface area contributed by atoms with Gasteiger partial charge in [-0.1, -0.05) is 56.3 Å². The summed E-state index contributed by atoms with van der Waals surface area (Å²) in [4.78, 5) is 21.7. The number of amides is 2. The van der Waals surface area contributed by atoms with Crippen LogP contribution >= 0.6 is 0 Å². The maximum Gasteiger partial charge on any atom is 0.317 e. The van der Waals surface area contributed by atoms with E-state index in [2.05, 4.69) is 46.8 Å². The van der Waals surface area contributed by atoms with Crippen LogP contribution in [0.3, 0.4) is 0 Å². The Hall–Kier alpha value is -3.02. The van der Waals surface area contributed by atoms with Crippen LogP contribution in [-0.2, 0) is 13.1 Å². The first kappa shape index (κ1) is 19.3. The van der Waals surface area contributed by atoms with Crippen LogP contribution in [0.5, 0.6) is 0 Å². The average molecular weight is 392 g/mol. The van der Waals surface area contributed by atoms with Crippen molar-refractivity contribution >= 4 is 23.0 Å². The Kier molecular flexibility index (Phi) is 5.69. The van der Waals surface area contributed by atoms with Crippen molar-refractivity contribution in [3.63, 3.8) is 0 Å². The van der Waals surface area contributed by atoms with Gasteiger partial charge in [0, 0.05) is 39.3 Å². The number of aromatic nitrogens is 2. The lowest BCUT2D eigenvalue weighted by molar-refractivity contribution is 0.193. The summed E-state index contributed by atoms with van der Waals surface area (Å²) in [5.74, 6) is 1.56. The quantitative estimate of drug-likeness (QED) is 0.721. The summed E-state index contributed by atoms with van der Waals surface area (Å²) in [6, 6.07) is 18.3. The maximum absolute atomic E-state index is 12.5. The van der Waals surface area contributed by atoms with Gasteiger partial charge in [-0.05, 0) is 23.6 Å². The molecule has 0 spiro atoms. The lowest BCUT2D eigenvalue weighted by Crippen LogP contribution is -2.52. The highest BCUT2D eigenvalue weighted by Crippen LogP contribution is 2.25. The van der Waals surface area contributed by atoms with Crippen LogP contribution in [0.4, 0.5) is 10.7 Å². The van der Waals surface area contributed by atoms with Gasteiger partial charge in [-0.2, -0.15) is 0 Å². The molecular formula is C23H29N5O. The molecular weight excluding hydrogens is 362 g/mol. The Bertz CT molecular complexity index is 958. The predicted molar refractivity (Wildman–Crippen MR) is 117 cm³/mol. The Morgan fingerprint density at radius 1 is 1.00 bits per heavy atom. The number of hydrogen-bond donors (Lipinski definition) is 1. The zero-order chi connectivity index (χ0) is 20.2. The van der Waals surface area contributed by atoms with Crippen LogP contribution in [-0.4, -0.2) is 46.7 Å². The lowest BCUT2D eigenvalue weighted by atomic mass is 10.2. The second-order valence-corrected chi connectivity index (χ2v) is 8.02. The van der Waals surface area contributed by atoms with Gasteiger partial charge in [-0.3, -0.25) is 0 Å². The number of fused-ring (bicyclic) bond motifs is 1. The molecule has 152 valence electrons. The van der Waals surface area contributed by atoms with E-state index in [1.54, 1.807) is 0 Å². The number of hydrogen-bond acceptors (Lipinski definition) is 3. The minimum absolute atomic E-state index is 0.00388. The summed E-state index contributed by atoms with van der Waals surface area (Å²) >= 11 is 0. The van der Waals surface area contributed by atoms with E-state index in [1.165, 1.54) is 5.52 Å². The van der Waals surface area contributed by atoms with E-state index in [1.807, 2.05) is 41.3 Å². The number of anilines is 1. The van der Waals surface area contributed by atoms with Crippen molar-refractivity contribution in [1.29, 1.82) is 0 Å². The first-order valence-corrected chi connectivity index (χ1v) is 10.4. The van der Waals surface area contributed by atoms with Gasteiger partial charge in [-0.25, -0.2) is 9.78 Å². The van der Waals surface area contributed by atoms with Crippen LogP contribution in [0.15, 0.2) is 54.6 Å². The molecule has 0 aliphatic carbocycles. The van der Waals surface area contributed by atoms with Crippen LogP contribution < -0.4 is 10.2 Å². The summed E-state index contributed by atoms with van der Waals surface area (Å²) in [6.07, 6.45) is 0. The lowest BCUT2D eigenvalue weighted by Gasteiger charge is -2.35. The molecule has 2 heterocycles. The highest BCUT2D eigenvalue weighted by atomic mass is 16.2. The van der Waals surface area contributed by atoms with Gasteiger partial charge in [0.05, 0.1) is 11.0 Å². The van der Waals surface area contributed by atoms with Crippen molar-refractivity contribution in [1.82, 2.24) is 19.8 Å². The predicted octanol–water partition coefficient (Wildman–Crippen LogP) is 3.72. The highest BCUT2D eigenvalue weighted by Gasteiger charge is 2.25. The van der Waals surface area contributed by atoms with Crippen molar-refractivity contribution in [2.24, 2.45) is 5.92 Å². The molecule has 1 aliphatic heterocycles. The Labute approximate surface area is 172 Å². The molecule has 6 nitrogen and oxygen atoms in total. The van der Waals surface area contributed by atoms with E-state index in [0.29, 0.717) is 25.6 Å².